The van der Waals surface area contributed by atoms with E-state index >= 15 is 0 Å². The normalized spacial score (nSPS) is 10.9. The summed E-state index contributed by atoms with van der Waals surface area (Å²) in [6, 6.07) is 13.1. The van der Waals surface area contributed by atoms with Gasteiger partial charge in [0.15, 0.2) is 11.5 Å². The Balaban J connectivity index is 1.59. The predicted molar refractivity (Wildman–Crippen MR) is 114 cm³/mol. The van der Waals surface area contributed by atoms with E-state index in [0.717, 1.165) is 0 Å². The van der Waals surface area contributed by atoms with Gasteiger partial charge in [-0.05, 0) is 54.6 Å². The number of carbonyl (C=O) groups is 2. The van der Waals surface area contributed by atoms with E-state index < -0.39 is 21.8 Å². The number of carbonyl (C=O) groups excluding carboxylic acids is 2. The topological polar surface area (TPSA) is 136 Å². The molecule has 1 aromatic heterocycles. The monoisotopic (exact) mass is 459 g/mol. The largest absolute Gasteiger partial charge is 0.493 e. The summed E-state index contributed by atoms with van der Waals surface area (Å²) in [6.07, 6.45) is 1.45. The second-order valence-corrected chi connectivity index (χ2v) is 8.17. The zero-order valence-corrected chi connectivity index (χ0v) is 18.1. The number of nitrogens with one attached hydrogen (secondary N) is 3. The van der Waals surface area contributed by atoms with E-state index in [2.05, 4.69) is 15.6 Å². The molecule has 0 saturated heterocycles. The summed E-state index contributed by atoms with van der Waals surface area (Å²) in [5.41, 5.74) is 4.97. The van der Waals surface area contributed by atoms with Crippen molar-refractivity contribution in [1.29, 1.82) is 0 Å². The van der Waals surface area contributed by atoms with Crippen LogP contribution in [0.15, 0.2) is 70.2 Å². The summed E-state index contributed by atoms with van der Waals surface area (Å²) in [7, 11) is -0.869. The van der Waals surface area contributed by atoms with Crippen molar-refractivity contribution in [2.24, 2.45) is 0 Å². The Morgan fingerprint density at radius 2 is 1.50 bits per heavy atom. The van der Waals surface area contributed by atoms with Gasteiger partial charge >= 0.3 is 0 Å². The van der Waals surface area contributed by atoms with Crippen molar-refractivity contribution in [3.63, 3.8) is 0 Å². The van der Waals surface area contributed by atoms with Gasteiger partial charge in [-0.25, -0.2) is 13.1 Å². The highest BCUT2D eigenvalue weighted by Crippen LogP contribution is 2.27. The summed E-state index contributed by atoms with van der Waals surface area (Å²) in [4.78, 5) is 24.6. The third kappa shape index (κ3) is 5.45. The van der Waals surface area contributed by atoms with Gasteiger partial charge < -0.3 is 13.9 Å². The van der Waals surface area contributed by atoms with E-state index in [4.69, 9.17) is 13.9 Å². The molecule has 0 atom stereocenters. The van der Waals surface area contributed by atoms with Crippen LogP contribution in [0.2, 0.25) is 0 Å². The molecule has 1 heterocycles. The van der Waals surface area contributed by atoms with Crippen molar-refractivity contribution < 1.29 is 31.9 Å². The highest BCUT2D eigenvalue weighted by molar-refractivity contribution is 7.89. The molecule has 3 rings (SSSR count). The second-order valence-electron chi connectivity index (χ2n) is 6.41. The number of furan rings is 1. The van der Waals surface area contributed by atoms with E-state index in [1.165, 1.54) is 56.9 Å². The van der Waals surface area contributed by atoms with Crippen LogP contribution in [-0.4, -0.2) is 34.5 Å². The third-order valence-electron chi connectivity index (χ3n) is 4.38. The van der Waals surface area contributed by atoms with E-state index in [1.54, 1.807) is 18.2 Å². The van der Waals surface area contributed by atoms with Crippen molar-refractivity contribution in [3.8, 4) is 11.5 Å². The average Bonchev–Trinajstić information content (AvgIpc) is 3.34. The molecule has 0 aliphatic heterocycles. The molecular weight excluding hydrogens is 438 g/mol. The molecule has 0 fully saturated rings. The molecule has 10 nitrogen and oxygen atoms in total. The Kier molecular flexibility index (Phi) is 7.13. The van der Waals surface area contributed by atoms with E-state index in [-0.39, 0.29) is 22.6 Å². The van der Waals surface area contributed by atoms with Crippen LogP contribution in [0.4, 0.5) is 0 Å². The number of hydrogen-bond donors (Lipinski definition) is 3. The maximum Gasteiger partial charge on any atom is 0.269 e. The van der Waals surface area contributed by atoms with Gasteiger partial charge in [0.25, 0.3) is 11.8 Å². The Labute approximate surface area is 184 Å². The van der Waals surface area contributed by atoms with E-state index in [0.29, 0.717) is 17.3 Å². The van der Waals surface area contributed by atoms with Crippen LogP contribution in [-0.2, 0) is 16.6 Å². The van der Waals surface area contributed by atoms with Gasteiger partial charge in [0.1, 0.15) is 5.76 Å². The smallest absolute Gasteiger partial charge is 0.269 e. The number of rotatable bonds is 8. The molecule has 2 aromatic carbocycles. The van der Waals surface area contributed by atoms with Crippen LogP contribution in [0, 0.1) is 0 Å². The first-order valence-corrected chi connectivity index (χ1v) is 10.8. The molecule has 32 heavy (non-hydrogen) atoms. The molecule has 0 saturated carbocycles. The Bertz CT molecular complexity index is 1190. The van der Waals surface area contributed by atoms with Gasteiger partial charge in [0.05, 0.1) is 31.9 Å². The summed E-state index contributed by atoms with van der Waals surface area (Å²) in [5, 5.41) is 0. The minimum absolute atomic E-state index is 0.000250. The van der Waals surface area contributed by atoms with E-state index in [1.807, 2.05) is 0 Å². The first-order valence-electron chi connectivity index (χ1n) is 9.29. The van der Waals surface area contributed by atoms with Gasteiger partial charge in [-0.2, -0.15) is 0 Å². The number of benzene rings is 2. The molecule has 3 N–H and O–H groups in total. The number of hydrogen-bond acceptors (Lipinski definition) is 7. The van der Waals surface area contributed by atoms with Gasteiger partial charge in [-0.1, -0.05) is 0 Å². The average molecular weight is 459 g/mol. The van der Waals surface area contributed by atoms with Crippen molar-refractivity contribution in [2.45, 2.75) is 11.4 Å². The van der Waals surface area contributed by atoms with Gasteiger partial charge in [-0.15, -0.1) is 0 Å². The summed E-state index contributed by atoms with van der Waals surface area (Å²) in [6.45, 7) is -0.000250. The molecule has 0 aliphatic rings. The number of hydrazine groups is 1. The highest BCUT2D eigenvalue weighted by atomic mass is 32.2. The summed E-state index contributed by atoms with van der Waals surface area (Å²) < 4.78 is 42.5. The van der Waals surface area contributed by atoms with Crippen molar-refractivity contribution in [1.82, 2.24) is 15.6 Å². The lowest BCUT2D eigenvalue weighted by molar-refractivity contribution is 0.0846. The maximum absolute atomic E-state index is 12.3. The summed E-state index contributed by atoms with van der Waals surface area (Å²) in [5.74, 6) is 0.104. The molecule has 3 aromatic rings. The van der Waals surface area contributed by atoms with Crippen LogP contribution in [0.25, 0.3) is 0 Å². The lowest BCUT2D eigenvalue weighted by Gasteiger charge is -2.11. The Hall–Kier alpha value is -3.83. The quantitative estimate of drug-likeness (QED) is 0.437. The molecule has 0 unspecified atom stereocenters. The molecule has 0 bridgehead atoms. The van der Waals surface area contributed by atoms with Crippen LogP contribution in [0.1, 0.15) is 26.5 Å². The number of methoxy groups -OCH3 is 2. The fourth-order valence-corrected chi connectivity index (χ4v) is 3.68. The molecule has 0 radical (unpaired) electrons. The molecule has 11 heteroatoms. The third-order valence-corrected chi connectivity index (χ3v) is 5.80. The fraction of sp³-hybridized carbons (Fsp3) is 0.143. The second kappa shape index (κ2) is 9.98. The Morgan fingerprint density at radius 3 is 2.09 bits per heavy atom. The van der Waals surface area contributed by atoms with Gasteiger partial charge in [-0.3, -0.25) is 20.4 Å². The molecular formula is C21H21N3O7S. The SMILES string of the molecule is COc1ccc(C(=O)NNC(=O)c2ccc(S(=O)(=O)NCc3ccco3)cc2)cc1OC. The number of sulfonamides is 1. The van der Waals surface area contributed by atoms with E-state index in [9.17, 15) is 18.0 Å². The van der Waals surface area contributed by atoms with Crippen LogP contribution in [0.3, 0.4) is 0 Å². The highest BCUT2D eigenvalue weighted by Gasteiger charge is 2.16. The lowest BCUT2D eigenvalue weighted by Crippen LogP contribution is -2.41. The lowest BCUT2D eigenvalue weighted by atomic mass is 10.2. The molecule has 168 valence electrons. The number of ether oxygens (including phenoxy) is 2. The van der Waals surface area contributed by atoms with Gasteiger partial charge in [0, 0.05) is 11.1 Å². The van der Waals surface area contributed by atoms with Crippen molar-refractivity contribution >= 4 is 21.8 Å². The first kappa shape index (κ1) is 22.8. The molecule has 0 aliphatic carbocycles. The molecule has 0 spiro atoms. The Morgan fingerprint density at radius 1 is 0.875 bits per heavy atom. The standard InChI is InChI=1S/C21H21N3O7S/c1-29-18-10-7-15(12-19(18)30-2)21(26)24-23-20(25)14-5-8-17(9-6-14)32(27,28)22-13-16-4-3-11-31-16/h3-12,22H,13H2,1-2H3,(H,23,25)(H,24,26). The zero-order chi connectivity index (χ0) is 23.1. The minimum atomic E-state index is -3.79. The minimum Gasteiger partial charge on any atom is -0.493 e. The first-order chi connectivity index (χ1) is 15.3. The van der Waals surface area contributed by atoms with Crippen molar-refractivity contribution in [3.05, 3.63) is 77.7 Å². The number of amides is 2. The predicted octanol–water partition coefficient (Wildman–Crippen LogP) is 1.85. The van der Waals surface area contributed by atoms with Crippen LogP contribution >= 0.6 is 0 Å². The van der Waals surface area contributed by atoms with Crippen LogP contribution < -0.4 is 25.0 Å². The van der Waals surface area contributed by atoms with Gasteiger partial charge in [0.2, 0.25) is 10.0 Å². The van der Waals surface area contributed by atoms with Crippen molar-refractivity contribution in [2.75, 3.05) is 14.2 Å². The van der Waals surface area contributed by atoms with Crippen LogP contribution in [0.5, 0.6) is 11.5 Å². The molecule has 2 amide bonds. The zero-order valence-electron chi connectivity index (χ0n) is 17.2. The maximum atomic E-state index is 12.3. The summed E-state index contributed by atoms with van der Waals surface area (Å²) >= 11 is 0. The fourth-order valence-electron chi connectivity index (χ4n) is 2.68.